The molecule has 2 heterocycles. The summed E-state index contributed by atoms with van der Waals surface area (Å²) in [5, 5.41) is 6.07. The van der Waals surface area contributed by atoms with Crippen LogP contribution in [0.3, 0.4) is 0 Å². The van der Waals surface area contributed by atoms with Gasteiger partial charge in [-0.1, -0.05) is 18.5 Å². The van der Waals surface area contributed by atoms with Crippen LogP contribution in [0, 0.1) is 6.92 Å². The van der Waals surface area contributed by atoms with Crippen molar-refractivity contribution in [3.05, 3.63) is 22.5 Å². The van der Waals surface area contributed by atoms with E-state index in [1.807, 2.05) is 20.0 Å². The summed E-state index contributed by atoms with van der Waals surface area (Å²) in [5.74, 6) is 0. The summed E-state index contributed by atoms with van der Waals surface area (Å²) in [6.07, 6.45) is 0.918. The van der Waals surface area contributed by atoms with Gasteiger partial charge in [-0.05, 0) is 25.0 Å². The monoisotopic (exact) mass is 209 g/mol. The molecule has 14 heavy (non-hydrogen) atoms. The number of pyridine rings is 1. The molecule has 0 saturated heterocycles. The predicted molar refractivity (Wildman–Crippen MR) is 57.6 cm³/mol. The summed E-state index contributed by atoms with van der Waals surface area (Å²) < 4.78 is 1.78. The van der Waals surface area contributed by atoms with E-state index in [0.29, 0.717) is 5.15 Å². The normalized spacial score (nSPS) is 11.1. The van der Waals surface area contributed by atoms with Crippen LogP contribution in [-0.4, -0.2) is 14.8 Å². The van der Waals surface area contributed by atoms with Gasteiger partial charge in [0, 0.05) is 12.4 Å². The van der Waals surface area contributed by atoms with E-state index >= 15 is 0 Å². The third-order valence-corrected chi connectivity index (χ3v) is 2.56. The number of nitrogens with zero attached hydrogens (tertiary/aromatic N) is 3. The van der Waals surface area contributed by atoms with Gasteiger partial charge in [-0.25, -0.2) is 4.98 Å². The van der Waals surface area contributed by atoms with Crippen LogP contribution in [-0.2, 0) is 13.5 Å². The number of rotatable bonds is 1. The fourth-order valence-corrected chi connectivity index (χ4v) is 1.98. The van der Waals surface area contributed by atoms with E-state index in [2.05, 4.69) is 17.0 Å². The average Bonchev–Trinajstić information content (AvgIpc) is 2.43. The highest BCUT2D eigenvalue weighted by Gasteiger charge is 2.11. The van der Waals surface area contributed by atoms with E-state index in [4.69, 9.17) is 11.6 Å². The molecule has 4 heteroatoms. The first-order chi connectivity index (χ1) is 6.63. The van der Waals surface area contributed by atoms with Crippen LogP contribution >= 0.6 is 11.6 Å². The third-order valence-electron chi connectivity index (χ3n) is 2.37. The van der Waals surface area contributed by atoms with Crippen molar-refractivity contribution in [3.8, 4) is 0 Å². The van der Waals surface area contributed by atoms with Gasteiger partial charge < -0.3 is 0 Å². The smallest absolute Gasteiger partial charge is 0.159 e. The van der Waals surface area contributed by atoms with E-state index in [-0.39, 0.29) is 0 Å². The molecule has 0 aliphatic carbocycles. The van der Waals surface area contributed by atoms with Gasteiger partial charge in [0.1, 0.15) is 5.15 Å². The highest BCUT2D eigenvalue weighted by Crippen LogP contribution is 2.23. The topological polar surface area (TPSA) is 30.7 Å². The highest BCUT2D eigenvalue weighted by molar-refractivity contribution is 6.29. The average molecular weight is 210 g/mol. The van der Waals surface area contributed by atoms with Crippen molar-refractivity contribution >= 4 is 22.6 Å². The molecule has 0 aromatic carbocycles. The summed E-state index contributed by atoms with van der Waals surface area (Å²) in [5.41, 5.74) is 3.10. The maximum absolute atomic E-state index is 5.90. The van der Waals surface area contributed by atoms with Gasteiger partial charge in [0.2, 0.25) is 0 Å². The van der Waals surface area contributed by atoms with Gasteiger partial charge >= 0.3 is 0 Å². The SMILES string of the molecule is CCc1nn(C)c2nc(Cl)cc(C)c12. The van der Waals surface area contributed by atoms with Crippen molar-refractivity contribution < 1.29 is 0 Å². The molecule has 0 unspecified atom stereocenters. The van der Waals surface area contributed by atoms with Crippen LogP contribution in [0.1, 0.15) is 18.2 Å². The second kappa shape index (κ2) is 3.24. The molecule has 0 aliphatic heterocycles. The van der Waals surface area contributed by atoms with Crippen molar-refractivity contribution in [1.29, 1.82) is 0 Å². The zero-order valence-corrected chi connectivity index (χ0v) is 9.26. The van der Waals surface area contributed by atoms with Crippen LogP contribution < -0.4 is 0 Å². The molecule has 0 N–H and O–H groups in total. The van der Waals surface area contributed by atoms with Crippen LogP contribution in [0.25, 0.3) is 11.0 Å². The third kappa shape index (κ3) is 1.28. The van der Waals surface area contributed by atoms with Gasteiger partial charge in [-0.3, -0.25) is 4.68 Å². The van der Waals surface area contributed by atoms with Crippen molar-refractivity contribution in [1.82, 2.24) is 14.8 Å². The molecule has 3 nitrogen and oxygen atoms in total. The van der Waals surface area contributed by atoms with E-state index in [1.54, 1.807) is 4.68 Å². The number of halogens is 1. The molecular weight excluding hydrogens is 198 g/mol. The molecule has 2 aromatic heterocycles. The molecule has 0 amide bonds. The lowest BCUT2D eigenvalue weighted by Crippen LogP contribution is -1.92. The largest absolute Gasteiger partial charge is 0.250 e. The first-order valence-corrected chi connectivity index (χ1v) is 5.00. The van der Waals surface area contributed by atoms with E-state index < -0.39 is 0 Å². The summed E-state index contributed by atoms with van der Waals surface area (Å²) in [6, 6.07) is 1.88. The predicted octanol–water partition coefficient (Wildman–Crippen LogP) is 2.49. The Balaban J connectivity index is 2.89. The minimum atomic E-state index is 0.528. The van der Waals surface area contributed by atoms with Gasteiger partial charge in [-0.2, -0.15) is 5.10 Å². The summed E-state index contributed by atoms with van der Waals surface area (Å²) in [6.45, 7) is 4.13. The van der Waals surface area contributed by atoms with E-state index in [1.165, 1.54) is 0 Å². The van der Waals surface area contributed by atoms with E-state index in [9.17, 15) is 0 Å². The van der Waals surface area contributed by atoms with Crippen molar-refractivity contribution in [2.75, 3.05) is 0 Å². The van der Waals surface area contributed by atoms with Crippen molar-refractivity contribution in [2.24, 2.45) is 7.05 Å². The molecule has 2 rings (SSSR count). The highest BCUT2D eigenvalue weighted by atomic mass is 35.5. The Bertz CT molecular complexity index is 488. The number of fused-ring (bicyclic) bond motifs is 1. The molecule has 0 aliphatic rings. The molecule has 0 atom stereocenters. The Hall–Kier alpha value is -1.09. The van der Waals surface area contributed by atoms with Gasteiger partial charge in [0.15, 0.2) is 5.65 Å². The van der Waals surface area contributed by atoms with Crippen molar-refractivity contribution in [3.63, 3.8) is 0 Å². The Kier molecular flexibility index (Phi) is 2.19. The number of aromatic nitrogens is 3. The summed E-state index contributed by atoms with van der Waals surface area (Å²) in [4.78, 5) is 4.27. The molecule has 0 fully saturated rings. The maximum Gasteiger partial charge on any atom is 0.159 e. The van der Waals surface area contributed by atoms with Crippen LogP contribution in [0.4, 0.5) is 0 Å². The first kappa shape index (κ1) is 9.46. The number of aryl methyl sites for hydroxylation is 3. The maximum atomic E-state index is 5.90. The van der Waals surface area contributed by atoms with Crippen LogP contribution in [0.2, 0.25) is 5.15 Å². The number of hydrogen-bond acceptors (Lipinski definition) is 2. The molecule has 0 saturated carbocycles. The van der Waals surface area contributed by atoms with Crippen LogP contribution in [0.15, 0.2) is 6.07 Å². The lowest BCUT2D eigenvalue weighted by atomic mass is 10.1. The Morgan fingerprint density at radius 2 is 2.21 bits per heavy atom. The lowest BCUT2D eigenvalue weighted by molar-refractivity contribution is 0.762. The Morgan fingerprint density at radius 3 is 2.86 bits per heavy atom. The summed E-state index contributed by atoms with van der Waals surface area (Å²) >= 11 is 5.90. The second-order valence-electron chi connectivity index (χ2n) is 3.38. The van der Waals surface area contributed by atoms with Crippen LogP contribution in [0.5, 0.6) is 0 Å². The molecule has 0 bridgehead atoms. The molecule has 2 aromatic rings. The van der Waals surface area contributed by atoms with Gasteiger partial charge in [-0.15, -0.1) is 0 Å². The second-order valence-corrected chi connectivity index (χ2v) is 3.77. The fraction of sp³-hybridized carbons (Fsp3) is 0.400. The number of hydrogen-bond donors (Lipinski definition) is 0. The van der Waals surface area contributed by atoms with E-state index in [0.717, 1.165) is 28.7 Å². The minimum Gasteiger partial charge on any atom is -0.250 e. The Morgan fingerprint density at radius 1 is 1.50 bits per heavy atom. The molecular formula is C10H12ClN3. The lowest BCUT2D eigenvalue weighted by Gasteiger charge is -1.98. The molecule has 0 radical (unpaired) electrons. The zero-order chi connectivity index (χ0) is 10.3. The fourth-order valence-electron chi connectivity index (χ4n) is 1.73. The first-order valence-electron chi connectivity index (χ1n) is 4.62. The van der Waals surface area contributed by atoms with Gasteiger partial charge in [0.05, 0.1) is 5.69 Å². The zero-order valence-electron chi connectivity index (χ0n) is 8.50. The van der Waals surface area contributed by atoms with Gasteiger partial charge in [0.25, 0.3) is 0 Å². The minimum absolute atomic E-state index is 0.528. The molecule has 74 valence electrons. The summed E-state index contributed by atoms with van der Waals surface area (Å²) in [7, 11) is 1.89. The van der Waals surface area contributed by atoms with Crippen molar-refractivity contribution in [2.45, 2.75) is 20.3 Å². The molecule has 0 spiro atoms. The standard InChI is InChI=1S/C10H12ClN3/c1-4-7-9-6(2)5-8(11)12-10(9)14(3)13-7/h5H,4H2,1-3H3. The Labute approximate surface area is 87.7 Å². The quantitative estimate of drug-likeness (QED) is 0.676.